The smallest absolute Gasteiger partial charge is 0.0923 e. The minimum atomic E-state index is 1.04. The molecule has 0 aliphatic carbocycles. The van der Waals surface area contributed by atoms with Crippen LogP contribution >= 0.6 is 0 Å². The van der Waals surface area contributed by atoms with Crippen LogP contribution in [0.4, 0.5) is 0 Å². The molecule has 0 saturated carbocycles. The lowest BCUT2D eigenvalue weighted by atomic mass is 10.2. The molecule has 11 heavy (non-hydrogen) atoms. The predicted octanol–water partition coefficient (Wildman–Crippen LogP) is 0.984. The van der Waals surface area contributed by atoms with Crippen molar-refractivity contribution in [3.05, 3.63) is 35.8 Å². The second-order valence-electron chi connectivity index (χ2n) is 2.20. The first kappa shape index (κ1) is 6.09. The topological polar surface area (TPSA) is 36.8 Å². The molecule has 0 atom stereocenters. The Kier molecular flexibility index (Phi) is 1.41. The highest BCUT2D eigenvalue weighted by Gasteiger charge is 2.03. The number of hydrogen-bond acceptors (Lipinski definition) is 3. The molecule has 0 spiro atoms. The minimum Gasteiger partial charge on any atom is -0.346 e. The molecule has 3 nitrogen and oxygen atoms in total. The second-order valence-corrected chi connectivity index (χ2v) is 2.20. The maximum Gasteiger partial charge on any atom is 0.0923 e. The molecule has 0 aromatic rings. The van der Waals surface area contributed by atoms with Crippen LogP contribution in [0.1, 0.15) is 0 Å². The Bertz CT molecular complexity index is 305. The van der Waals surface area contributed by atoms with Crippen LogP contribution in [0.5, 0.6) is 0 Å². The van der Waals surface area contributed by atoms with Gasteiger partial charge in [0.15, 0.2) is 0 Å². The Morgan fingerprint density at radius 2 is 2.27 bits per heavy atom. The lowest BCUT2D eigenvalue weighted by Crippen LogP contribution is -2.14. The van der Waals surface area contributed by atoms with Crippen molar-refractivity contribution in [3.63, 3.8) is 0 Å². The van der Waals surface area contributed by atoms with Crippen molar-refractivity contribution in [1.82, 2.24) is 5.32 Å². The molecule has 3 heteroatoms. The fourth-order valence-corrected chi connectivity index (χ4v) is 0.945. The maximum atomic E-state index is 3.98. The minimum absolute atomic E-state index is 1.04. The highest BCUT2D eigenvalue weighted by molar-refractivity contribution is 5.78. The molecule has 2 aliphatic rings. The van der Waals surface area contributed by atoms with Crippen LogP contribution in [0.3, 0.4) is 0 Å². The second kappa shape index (κ2) is 2.54. The normalized spacial score (nSPS) is 19.6. The molecule has 0 unspecified atom stereocenters. The number of aliphatic imine (C=N–C) groups is 2. The van der Waals surface area contributed by atoms with Crippen molar-refractivity contribution < 1.29 is 0 Å². The lowest BCUT2D eigenvalue weighted by molar-refractivity contribution is 1.14. The summed E-state index contributed by atoms with van der Waals surface area (Å²) in [6.07, 6.45) is 10.8. The number of hydrogen-bond donors (Lipinski definition) is 1. The highest BCUT2D eigenvalue weighted by Crippen LogP contribution is 2.12. The van der Waals surface area contributed by atoms with Crippen molar-refractivity contribution in [2.75, 3.05) is 0 Å². The van der Waals surface area contributed by atoms with E-state index in [1.54, 1.807) is 25.0 Å². The molecule has 0 bridgehead atoms. The van der Waals surface area contributed by atoms with E-state index in [1.807, 2.05) is 12.2 Å². The molecule has 0 radical (unpaired) electrons. The van der Waals surface area contributed by atoms with E-state index in [0.29, 0.717) is 0 Å². The van der Waals surface area contributed by atoms with Gasteiger partial charge in [0.25, 0.3) is 0 Å². The fourth-order valence-electron chi connectivity index (χ4n) is 0.945. The average Bonchev–Trinajstić information content (AvgIpc) is 2.28. The highest BCUT2D eigenvalue weighted by atomic mass is 15.0. The first-order valence-electron chi connectivity index (χ1n) is 3.35. The maximum absolute atomic E-state index is 3.98. The van der Waals surface area contributed by atoms with Crippen LogP contribution in [0.25, 0.3) is 0 Å². The predicted molar refractivity (Wildman–Crippen MR) is 45.4 cm³/mol. The Morgan fingerprint density at radius 1 is 1.27 bits per heavy atom. The monoisotopic (exact) mass is 145 g/mol. The van der Waals surface area contributed by atoms with E-state index in [9.17, 15) is 0 Å². The fraction of sp³-hybridized carbons (Fsp3) is 0. The quantitative estimate of drug-likeness (QED) is 0.542. The van der Waals surface area contributed by atoms with Crippen LogP contribution in [-0.4, -0.2) is 12.6 Å². The van der Waals surface area contributed by atoms with Gasteiger partial charge in [0.05, 0.1) is 6.34 Å². The summed E-state index contributed by atoms with van der Waals surface area (Å²) in [4.78, 5) is 7.93. The first-order chi connectivity index (χ1) is 5.47. The van der Waals surface area contributed by atoms with Gasteiger partial charge in [0.2, 0.25) is 0 Å². The van der Waals surface area contributed by atoms with Crippen molar-refractivity contribution in [2.24, 2.45) is 9.98 Å². The summed E-state index contributed by atoms with van der Waals surface area (Å²) in [5.41, 5.74) is 2.10. The molecule has 2 rings (SSSR count). The number of fused-ring (bicyclic) bond motifs is 1. The van der Waals surface area contributed by atoms with Crippen molar-refractivity contribution >= 4 is 12.6 Å². The third kappa shape index (κ3) is 1.12. The summed E-state index contributed by atoms with van der Waals surface area (Å²) in [6.45, 7) is 0. The molecular weight excluding hydrogens is 138 g/mol. The number of rotatable bonds is 0. The zero-order valence-electron chi connectivity index (χ0n) is 5.86. The van der Waals surface area contributed by atoms with E-state index >= 15 is 0 Å². The van der Waals surface area contributed by atoms with Gasteiger partial charge >= 0.3 is 0 Å². The van der Waals surface area contributed by atoms with Gasteiger partial charge in [-0.1, -0.05) is 0 Å². The van der Waals surface area contributed by atoms with E-state index in [-0.39, 0.29) is 0 Å². The Labute approximate surface area is 64.6 Å². The largest absolute Gasteiger partial charge is 0.346 e. The van der Waals surface area contributed by atoms with E-state index in [4.69, 9.17) is 0 Å². The van der Waals surface area contributed by atoms with Crippen LogP contribution in [-0.2, 0) is 0 Å². The molecule has 0 saturated heterocycles. The third-order valence-electron chi connectivity index (χ3n) is 1.49. The van der Waals surface area contributed by atoms with Crippen LogP contribution in [0.2, 0.25) is 0 Å². The van der Waals surface area contributed by atoms with E-state index in [0.717, 1.165) is 11.3 Å². The molecule has 0 aromatic carbocycles. The molecule has 0 aromatic heterocycles. The molecular formula is C8H7N3. The molecule has 2 aliphatic heterocycles. The lowest BCUT2D eigenvalue weighted by Gasteiger charge is -2.08. The summed E-state index contributed by atoms with van der Waals surface area (Å²) in [7, 11) is 0. The van der Waals surface area contributed by atoms with Gasteiger partial charge in [-0.2, -0.15) is 0 Å². The molecule has 2 heterocycles. The van der Waals surface area contributed by atoms with Gasteiger partial charge in [-0.3, -0.25) is 4.99 Å². The zero-order valence-corrected chi connectivity index (χ0v) is 5.86. The van der Waals surface area contributed by atoms with Gasteiger partial charge < -0.3 is 5.32 Å². The summed E-state index contributed by atoms with van der Waals surface area (Å²) < 4.78 is 0. The Morgan fingerprint density at radius 3 is 3.27 bits per heavy atom. The van der Waals surface area contributed by atoms with Gasteiger partial charge in [0.1, 0.15) is 0 Å². The summed E-state index contributed by atoms with van der Waals surface area (Å²) >= 11 is 0. The summed E-state index contributed by atoms with van der Waals surface area (Å²) in [5.74, 6) is 0. The summed E-state index contributed by atoms with van der Waals surface area (Å²) in [5, 5.41) is 3.02. The molecule has 0 amide bonds. The van der Waals surface area contributed by atoms with Gasteiger partial charge in [-0.05, 0) is 12.2 Å². The van der Waals surface area contributed by atoms with Crippen molar-refractivity contribution in [1.29, 1.82) is 0 Å². The van der Waals surface area contributed by atoms with Gasteiger partial charge in [-0.15, -0.1) is 0 Å². The average molecular weight is 145 g/mol. The molecule has 0 fully saturated rings. The van der Waals surface area contributed by atoms with E-state index in [1.165, 1.54) is 0 Å². The number of nitrogens with zero attached hydrogens (tertiary/aromatic N) is 2. The zero-order chi connectivity index (χ0) is 7.52. The summed E-state index contributed by atoms with van der Waals surface area (Å²) in [6, 6.07) is 0. The van der Waals surface area contributed by atoms with E-state index in [2.05, 4.69) is 15.3 Å². The Hall–Kier alpha value is -1.64. The van der Waals surface area contributed by atoms with E-state index < -0.39 is 0 Å². The van der Waals surface area contributed by atoms with Crippen LogP contribution < -0.4 is 5.32 Å². The molecule has 1 N–H and O–H groups in total. The number of allylic oxidation sites excluding steroid dienone is 2. The van der Waals surface area contributed by atoms with Crippen LogP contribution in [0, 0.1) is 0 Å². The van der Waals surface area contributed by atoms with Crippen molar-refractivity contribution in [3.8, 4) is 0 Å². The van der Waals surface area contributed by atoms with Gasteiger partial charge in [0, 0.05) is 29.9 Å². The SMILES string of the molecule is C1=CC2=CN=CNC2=CC=N1. The first-order valence-corrected chi connectivity index (χ1v) is 3.35. The standard InChI is InChI=1S/C8H7N3/c1-3-9-4-2-8-7(1)5-10-6-11-8/h1-6H,(H,10,11). The Balaban J connectivity index is 2.44. The van der Waals surface area contributed by atoms with Gasteiger partial charge in [-0.25, -0.2) is 4.99 Å². The number of nitrogens with one attached hydrogen (secondary N) is 1. The molecule has 54 valence electrons. The third-order valence-corrected chi connectivity index (χ3v) is 1.49. The van der Waals surface area contributed by atoms with Crippen LogP contribution in [0.15, 0.2) is 45.8 Å². The van der Waals surface area contributed by atoms with Crippen molar-refractivity contribution in [2.45, 2.75) is 0 Å².